The van der Waals surface area contributed by atoms with Crippen LogP contribution < -0.4 is 14.8 Å². The molecule has 0 bridgehead atoms. The van der Waals surface area contributed by atoms with Gasteiger partial charge in [-0.25, -0.2) is 17.6 Å². The maximum absolute atomic E-state index is 13.4. The number of carbonyl (C=O) groups is 1. The molecular weight excluding hydrogens is 649 g/mol. The number of carboxylic acids is 1. The van der Waals surface area contributed by atoms with E-state index in [2.05, 4.69) is 5.32 Å². The Labute approximate surface area is 279 Å². The number of hydrogen-bond donors (Lipinski definition) is 2. The number of sulfonamides is 1. The van der Waals surface area contributed by atoms with Crippen LogP contribution in [0.3, 0.4) is 0 Å². The molecule has 0 unspecified atom stereocenters. The summed E-state index contributed by atoms with van der Waals surface area (Å²) >= 11 is 0. The summed E-state index contributed by atoms with van der Waals surface area (Å²) in [7, 11) is -0.909. The topological polar surface area (TPSA) is 167 Å². The van der Waals surface area contributed by atoms with Gasteiger partial charge in [0.05, 0.1) is 49.5 Å². The van der Waals surface area contributed by atoms with Crippen molar-refractivity contribution in [3.63, 3.8) is 0 Å². The third-order valence-electron chi connectivity index (χ3n) is 7.46. The molecule has 13 nitrogen and oxygen atoms in total. The monoisotopic (exact) mass is 691 g/mol. The molecule has 0 fully saturated rings. The number of likely N-dealkylation sites (N-methyl/N-ethyl adjacent to an activating group) is 1. The van der Waals surface area contributed by atoms with E-state index in [1.54, 1.807) is 7.11 Å². The predicted octanol–water partition coefficient (Wildman–Crippen LogP) is 4.75. The maximum Gasteiger partial charge on any atom is 0.339 e. The lowest BCUT2D eigenvalue weighted by Crippen LogP contribution is -2.43. The number of non-ortho nitro benzene ring substituents is 1. The van der Waals surface area contributed by atoms with Gasteiger partial charge in [-0.05, 0) is 60.9 Å². The Bertz CT molecular complexity index is 1590. The first-order valence-electron chi connectivity index (χ1n) is 15.2. The highest BCUT2D eigenvalue weighted by Gasteiger charge is 2.28. The highest BCUT2D eigenvalue weighted by molar-refractivity contribution is 7.89. The summed E-state index contributed by atoms with van der Waals surface area (Å²) in [5.41, 5.74) is 0.302. The lowest BCUT2D eigenvalue weighted by Gasteiger charge is -2.29. The summed E-state index contributed by atoms with van der Waals surface area (Å²) in [4.78, 5) is 21.9. The molecule has 3 atom stereocenters. The second kappa shape index (κ2) is 18.4. The fraction of sp³-hybridized carbons (Fsp3) is 0.424. The van der Waals surface area contributed by atoms with Crippen molar-refractivity contribution in [2.24, 2.45) is 5.92 Å². The van der Waals surface area contributed by atoms with Crippen molar-refractivity contribution >= 4 is 21.7 Å². The fourth-order valence-corrected chi connectivity index (χ4v) is 5.77. The Morgan fingerprint density at radius 2 is 1.75 bits per heavy atom. The summed E-state index contributed by atoms with van der Waals surface area (Å²) < 4.78 is 63.8. The van der Waals surface area contributed by atoms with Crippen LogP contribution in [-0.4, -0.2) is 87.9 Å². The highest BCUT2D eigenvalue weighted by Crippen LogP contribution is 2.25. The van der Waals surface area contributed by atoms with Crippen molar-refractivity contribution in [1.29, 1.82) is 0 Å². The molecule has 3 aromatic carbocycles. The normalized spacial score (nSPS) is 13.5. The summed E-state index contributed by atoms with van der Waals surface area (Å²) in [6, 6.07) is 15.5. The first-order chi connectivity index (χ1) is 22.8. The summed E-state index contributed by atoms with van der Waals surface area (Å²) in [6.07, 6.45) is -0.254. The van der Waals surface area contributed by atoms with E-state index in [1.165, 1.54) is 25.2 Å². The van der Waals surface area contributed by atoms with Crippen LogP contribution in [0.25, 0.3) is 0 Å². The zero-order chi connectivity index (χ0) is 35.3. The Hall–Kier alpha value is -4.15. The molecule has 0 radical (unpaired) electrons. The average molecular weight is 692 g/mol. The number of nitrogens with zero attached hydrogens (tertiary/aromatic N) is 2. The Balaban J connectivity index is 1.59. The number of nitrogens with one attached hydrogen (secondary N) is 1. The van der Waals surface area contributed by atoms with E-state index in [9.17, 15) is 32.8 Å². The predicted molar refractivity (Wildman–Crippen MR) is 175 cm³/mol. The first kappa shape index (κ1) is 38.3. The van der Waals surface area contributed by atoms with Crippen molar-refractivity contribution in [1.82, 2.24) is 9.62 Å². The van der Waals surface area contributed by atoms with Crippen molar-refractivity contribution in [2.75, 3.05) is 47.1 Å². The molecule has 3 rings (SSSR count). The van der Waals surface area contributed by atoms with Crippen LogP contribution in [-0.2, 0) is 26.1 Å². The average Bonchev–Trinajstić information content (AvgIpc) is 3.06. The van der Waals surface area contributed by atoms with E-state index in [0.29, 0.717) is 26.2 Å². The molecule has 0 aromatic heterocycles. The third kappa shape index (κ3) is 11.5. The van der Waals surface area contributed by atoms with Gasteiger partial charge in [-0.1, -0.05) is 19.1 Å². The van der Waals surface area contributed by atoms with Gasteiger partial charge in [0.15, 0.2) is 0 Å². The number of benzene rings is 3. The van der Waals surface area contributed by atoms with Crippen molar-refractivity contribution < 1.29 is 46.6 Å². The zero-order valence-electron chi connectivity index (χ0n) is 27.3. The van der Waals surface area contributed by atoms with E-state index in [4.69, 9.17) is 18.9 Å². The van der Waals surface area contributed by atoms with Gasteiger partial charge < -0.3 is 29.4 Å². The van der Waals surface area contributed by atoms with Crippen LogP contribution in [0.5, 0.6) is 11.5 Å². The molecule has 0 aliphatic carbocycles. The van der Waals surface area contributed by atoms with Crippen LogP contribution in [0.15, 0.2) is 71.6 Å². The number of aromatic carboxylic acids is 1. The van der Waals surface area contributed by atoms with Crippen LogP contribution >= 0.6 is 0 Å². The van der Waals surface area contributed by atoms with Crippen LogP contribution in [0.1, 0.15) is 36.2 Å². The minimum absolute atomic E-state index is 0.00270. The van der Waals surface area contributed by atoms with Crippen LogP contribution in [0, 0.1) is 21.8 Å². The summed E-state index contributed by atoms with van der Waals surface area (Å²) in [5, 5.41) is 23.9. The van der Waals surface area contributed by atoms with Crippen molar-refractivity contribution in [2.45, 2.75) is 43.9 Å². The Kier molecular flexibility index (Phi) is 14.7. The second-order valence-corrected chi connectivity index (χ2v) is 13.3. The minimum Gasteiger partial charge on any atom is -0.497 e. The number of nitro benzene ring substituents is 1. The fourth-order valence-electron chi connectivity index (χ4n) is 4.59. The molecule has 3 aromatic rings. The molecule has 262 valence electrons. The number of halogens is 1. The molecule has 0 saturated heterocycles. The third-order valence-corrected chi connectivity index (χ3v) is 9.30. The molecule has 0 saturated carbocycles. The summed E-state index contributed by atoms with van der Waals surface area (Å²) in [6.45, 7) is 5.43. The van der Waals surface area contributed by atoms with Gasteiger partial charge in [-0.3, -0.25) is 10.1 Å². The molecule has 2 N–H and O–H groups in total. The molecule has 0 aliphatic heterocycles. The maximum atomic E-state index is 13.4. The number of carboxylic acid groups (broad SMARTS) is 1. The standard InChI is InChI=1S/C33H42FN3O10S/c1-23(19-35-24(2)21-45-22-25-6-11-28(44-4)12-7-25)32(20-36(3)48(42,43)29-13-8-26(34)9-14-29)47-17-5-16-46-31-15-10-27(37(40)41)18-30(31)33(38)39/h6-15,18,23-24,32,35H,5,16-17,19-22H2,1-4H3,(H,38,39)/t23-,24+,32+/m1/s1. The van der Waals surface area contributed by atoms with Gasteiger partial charge in [0.1, 0.15) is 22.9 Å². The first-order valence-corrected chi connectivity index (χ1v) is 16.7. The minimum atomic E-state index is -3.94. The summed E-state index contributed by atoms with van der Waals surface area (Å²) in [5.74, 6) is -1.34. The van der Waals surface area contributed by atoms with Crippen LogP contribution in [0.2, 0.25) is 0 Å². The molecule has 0 heterocycles. The Morgan fingerprint density at radius 3 is 2.38 bits per heavy atom. The SMILES string of the molecule is COc1ccc(COC[C@H](C)NC[C@@H](C)[C@H](CN(C)S(=O)(=O)c2ccc(F)cc2)OCCCOc2ccc([N+](=O)[O-])cc2C(=O)O)cc1. The lowest BCUT2D eigenvalue weighted by atomic mass is 10.0. The second-order valence-electron chi connectivity index (χ2n) is 11.2. The van der Waals surface area contributed by atoms with E-state index < -0.39 is 32.8 Å². The van der Waals surface area contributed by atoms with E-state index in [1.807, 2.05) is 38.1 Å². The van der Waals surface area contributed by atoms with Gasteiger partial charge in [0.2, 0.25) is 10.0 Å². The molecule has 48 heavy (non-hydrogen) atoms. The van der Waals surface area contributed by atoms with Crippen molar-refractivity contribution in [3.05, 3.63) is 93.8 Å². The number of rotatable bonds is 21. The van der Waals surface area contributed by atoms with Gasteiger partial charge in [0.25, 0.3) is 5.69 Å². The molecule has 0 spiro atoms. The molecular formula is C33H42FN3O10S. The zero-order valence-corrected chi connectivity index (χ0v) is 28.2. The lowest BCUT2D eigenvalue weighted by molar-refractivity contribution is -0.384. The number of methoxy groups -OCH3 is 1. The number of nitro groups is 1. The Morgan fingerprint density at radius 1 is 1.06 bits per heavy atom. The molecule has 0 amide bonds. The van der Waals surface area contributed by atoms with Gasteiger partial charge in [-0.15, -0.1) is 0 Å². The highest BCUT2D eigenvalue weighted by atomic mass is 32.2. The van der Waals surface area contributed by atoms with E-state index >= 15 is 0 Å². The number of hydrogen-bond acceptors (Lipinski definition) is 10. The largest absolute Gasteiger partial charge is 0.497 e. The molecule has 15 heteroatoms. The van der Waals surface area contributed by atoms with E-state index in [-0.39, 0.29) is 53.6 Å². The van der Waals surface area contributed by atoms with E-state index in [0.717, 1.165) is 39.9 Å². The van der Waals surface area contributed by atoms with Crippen molar-refractivity contribution in [3.8, 4) is 11.5 Å². The molecule has 0 aliphatic rings. The quantitative estimate of drug-likeness (QED) is 0.0899. The number of ether oxygens (including phenoxy) is 4. The van der Waals surface area contributed by atoms with Gasteiger partial charge in [-0.2, -0.15) is 4.31 Å². The van der Waals surface area contributed by atoms with Gasteiger partial charge in [0, 0.05) is 44.7 Å². The van der Waals surface area contributed by atoms with Crippen LogP contribution in [0.4, 0.5) is 10.1 Å². The smallest absolute Gasteiger partial charge is 0.339 e. The van der Waals surface area contributed by atoms with Gasteiger partial charge >= 0.3 is 5.97 Å².